The highest BCUT2D eigenvalue weighted by Crippen LogP contribution is 2.21. The molecule has 19 heavy (non-hydrogen) atoms. The van der Waals surface area contributed by atoms with Gasteiger partial charge in [-0.15, -0.1) is 0 Å². The summed E-state index contributed by atoms with van der Waals surface area (Å²) in [6.07, 6.45) is 3.55. The molecular formula is C14H16FN3O. The first-order valence-electron chi connectivity index (χ1n) is 5.97. The Balaban J connectivity index is 2.22. The van der Waals surface area contributed by atoms with E-state index < -0.39 is 5.82 Å². The van der Waals surface area contributed by atoms with Crippen LogP contribution in [0.1, 0.15) is 23.1 Å². The fraction of sp³-hybridized carbons (Fsp3) is 0.286. The maximum atomic E-state index is 14.0. The van der Waals surface area contributed by atoms with Crippen LogP contribution in [0.3, 0.4) is 0 Å². The number of halogens is 1. The first kappa shape index (κ1) is 13.3. The average Bonchev–Trinajstić information content (AvgIpc) is 2.74. The summed E-state index contributed by atoms with van der Waals surface area (Å²) in [5, 5.41) is 0. The smallest absolute Gasteiger partial charge is 0.159 e. The molecule has 0 N–H and O–H groups in total. The van der Waals surface area contributed by atoms with Crippen LogP contribution >= 0.6 is 0 Å². The molecule has 0 spiro atoms. The zero-order valence-electron chi connectivity index (χ0n) is 11.2. The number of benzene rings is 1. The zero-order valence-corrected chi connectivity index (χ0v) is 11.2. The molecule has 0 aliphatic rings. The molecule has 0 aliphatic carbocycles. The number of carbonyl (C=O) groups excluding carboxylic acids is 1. The number of imidazole rings is 1. The summed E-state index contributed by atoms with van der Waals surface area (Å²) in [6, 6.07) is 4.53. The van der Waals surface area contributed by atoms with E-state index in [1.165, 1.54) is 13.0 Å². The van der Waals surface area contributed by atoms with Gasteiger partial charge in [-0.25, -0.2) is 9.37 Å². The van der Waals surface area contributed by atoms with E-state index in [-0.39, 0.29) is 5.78 Å². The maximum Gasteiger partial charge on any atom is 0.159 e. The Morgan fingerprint density at radius 2 is 2.21 bits per heavy atom. The van der Waals surface area contributed by atoms with E-state index in [0.29, 0.717) is 17.8 Å². The van der Waals surface area contributed by atoms with Crippen LogP contribution in [0.5, 0.6) is 0 Å². The molecule has 4 nitrogen and oxygen atoms in total. The van der Waals surface area contributed by atoms with Gasteiger partial charge in [0.15, 0.2) is 5.78 Å². The molecule has 0 amide bonds. The number of nitrogens with zero attached hydrogens (tertiary/aromatic N) is 3. The van der Waals surface area contributed by atoms with Crippen molar-refractivity contribution in [3.63, 3.8) is 0 Å². The molecule has 1 aromatic carbocycles. The van der Waals surface area contributed by atoms with E-state index >= 15 is 0 Å². The molecule has 0 radical (unpaired) electrons. The van der Waals surface area contributed by atoms with Crippen LogP contribution < -0.4 is 4.90 Å². The zero-order chi connectivity index (χ0) is 14.0. The van der Waals surface area contributed by atoms with Crippen molar-refractivity contribution in [2.75, 3.05) is 11.9 Å². The van der Waals surface area contributed by atoms with E-state index in [1.807, 2.05) is 17.8 Å². The number of hydrogen-bond donors (Lipinski definition) is 0. The van der Waals surface area contributed by atoms with Gasteiger partial charge in [0.25, 0.3) is 0 Å². The van der Waals surface area contributed by atoms with Gasteiger partial charge >= 0.3 is 0 Å². The normalized spacial score (nSPS) is 10.5. The third-order valence-corrected chi connectivity index (χ3v) is 3.07. The first-order valence-corrected chi connectivity index (χ1v) is 5.97. The van der Waals surface area contributed by atoms with Gasteiger partial charge in [-0.05, 0) is 25.1 Å². The summed E-state index contributed by atoms with van der Waals surface area (Å²) >= 11 is 0. The molecule has 0 aliphatic heterocycles. The van der Waals surface area contributed by atoms with Gasteiger partial charge < -0.3 is 9.47 Å². The number of aryl methyl sites for hydroxylation is 1. The first-order chi connectivity index (χ1) is 8.99. The monoisotopic (exact) mass is 261 g/mol. The fourth-order valence-corrected chi connectivity index (χ4v) is 1.88. The fourth-order valence-electron chi connectivity index (χ4n) is 1.88. The number of ketones is 1. The van der Waals surface area contributed by atoms with E-state index in [1.54, 1.807) is 30.3 Å². The number of Topliss-reactive ketones (excluding diaryl/α,β-unsaturated/α-hetero) is 1. The molecule has 1 aromatic heterocycles. The van der Waals surface area contributed by atoms with E-state index in [0.717, 1.165) is 5.82 Å². The van der Waals surface area contributed by atoms with Crippen LogP contribution in [-0.4, -0.2) is 22.4 Å². The summed E-state index contributed by atoms with van der Waals surface area (Å²) in [5.74, 6) is 0.305. The van der Waals surface area contributed by atoms with Gasteiger partial charge in [0, 0.05) is 32.1 Å². The lowest BCUT2D eigenvalue weighted by molar-refractivity contribution is 0.101. The predicted octanol–water partition coefficient (Wildman–Crippen LogP) is 2.40. The van der Waals surface area contributed by atoms with Crippen molar-refractivity contribution in [3.8, 4) is 0 Å². The second-order valence-electron chi connectivity index (χ2n) is 4.53. The highest BCUT2D eigenvalue weighted by atomic mass is 19.1. The summed E-state index contributed by atoms with van der Waals surface area (Å²) in [5.41, 5.74) is 0.833. The Hall–Kier alpha value is -2.17. The minimum atomic E-state index is -0.399. The quantitative estimate of drug-likeness (QED) is 0.793. The lowest BCUT2D eigenvalue weighted by Crippen LogP contribution is -2.20. The lowest BCUT2D eigenvalue weighted by Gasteiger charge is -2.19. The minimum absolute atomic E-state index is 0.141. The maximum absolute atomic E-state index is 14.0. The second kappa shape index (κ2) is 5.22. The van der Waals surface area contributed by atoms with Crippen LogP contribution in [0.2, 0.25) is 0 Å². The minimum Gasteiger partial charge on any atom is -0.365 e. The highest BCUT2D eigenvalue weighted by Gasteiger charge is 2.12. The van der Waals surface area contributed by atoms with Crippen LogP contribution in [0.25, 0.3) is 0 Å². The van der Waals surface area contributed by atoms with Gasteiger partial charge in [0.1, 0.15) is 11.6 Å². The second-order valence-corrected chi connectivity index (χ2v) is 4.53. The number of carbonyl (C=O) groups is 1. The molecule has 100 valence electrons. The van der Waals surface area contributed by atoms with Gasteiger partial charge in [0.2, 0.25) is 0 Å². The summed E-state index contributed by atoms with van der Waals surface area (Å²) in [6.45, 7) is 1.92. The Kier molecular flexibility index (Phi) is 3.64. The van der Waals surface area contributed by atoms with Crippen LogP contribution in [0.15, 0.2) is 30.6 Å². The van der Waals surface area contributed by atoms with E-state index in [4.69, 9.17) is 0 Å². The molecule has 0 atom stereocenters. The number of aromatic nitrogens is 2. The molecular weight excluding hydrogens is 245 g/mol. The Morgan fingerprint density at radius 3 is 2.74 bits per heavy atom. The highest BCUT2D eigenvalue weighted by molar-refractivity contribution is 5.94. The Bertz CT molecular complexity index is 606. The molecule has 0 saturated heterocycles. The predicted molar refractivity (Wildman–Crippen MR) is 71.7 cm³/mol. The standard InChI is InChI=1S/C14H16FN3O/c1-10(19)11-4-5-13(12(15)8-11)18(3)9-14-16-6-7-17(14)2/h4-8H,9H2,1-3H3. The van der Waals surface area contributed by atoms with Gasteiger partial charge in [-0.1, -0.05) is 0 Å². The van der Waals surface area contributed by atoms with Crippen molar-refractivity contribution in [3.05, 3.63) is 47.8 Å². The number of rotatable bonds is 4. The van der Waals surface area contributed by atoms with E-state index in [9.17, 15) is 9.18 Å². The van der Waals surface area contributed by atoms with Gasteiger partial charge in [-0.3, -0.25) is 4.79 Å². The van der Waals surface area contributed by atoms with E-state index in [2.05, 4.69) is 4.98 Å². The van der Waals surface area contributed by atoms with Crippen molar-refractivity contribution >= 4 is 11.5 Å². The lowest BCUT2D eigenvalue weighted by atomic mass is 10.1. The molecule has 0 unspecified atom stereocenters. The molecule has 2 rings (SSSR count). The topological polar surface area (TPSA) is 38.1 Å². The van der Waals surface area contributed by atoms with Gasteiger partial charge in [0.05, 0.1) is 12.2 Å². The summed E-state index contributed by atoms with van der Waals surface area (Å²) in [4.78, 5) is 17.2. The largest absolute Gasteiger partial charge is 0.365 e. The molecule has 0 bridgehead atoms. The molecule has 5 heteroatoms. The van der Waals surface area contributed by atoms with Crippen molar-refractivity contribution in [2.24, 2.45) is 7.05 Å². The molecule has 2 aromatic rings. The van der Waals surface area contributed by atoms with Crippen molar-refractivity contribution in [2.45, 2.75) is 13.5 Å². The number of anilines is 1. The third-order valence-electron chi connectivity index (χ3n) is 3.07. The SMILES string of the molecule is CC(=O)c1ccc(N(C)Cc2nccn2C)c(F)c1. The van der Waals surface area contributed by atoms with Crippen molar-refractivity contribution in [1.29, 1.82) is 0 Å². The van der Waals surface area contributed by atoms with Crippen molar-refractivity contribution in [1.82, 2.24) is 9.55 Å². The van der Waals surface area contributed by atoms with Gasteiger partial charge in [-0.2, -0.15) is 0 Å². The molecule has 0 saturated carbocycles. The van der Waals surface area contributed by atoms with Crippen LogP contribution in [0, 0.1) is 5.82 Å². The summed E-state index contributed by atoms with van der Waals surface area (Å²) < 4.78 is 15.9. The Labute approximate surface area is 111 Å². The molecule has 1 heterocycles. The molecule has 0 fully saturated rings. The number of hydrogen-bond acceptors (Lipinski definition) is 3. The van der Waals surface area contributed by atoms with Crippen LogP contribution in [0.4, 0.5) is 10.1 Å². The Morgan fingerprint density at radius 1 is 1.47 bits per heavy atom. The summed E-state index contributed by atoms with van der Waals surface area (Å²) in [7, 11) is 3.69. The van der Waals surface area contributed by atoms with Crippen LogP contribution in [-0.2, 0) is 13.6 Å². The van der Waals surface area contributed by atoms with Crippen molar-refractivity contribution < 1.29 is 9.18 Å². The third kappa shape index (κ3) is 2.81. The average molecular weight is 261 g/mol.